The molecule has 3 fully saturated rings. The highest BCUT2D eigenvalue weighted by Gasteiger charge is 2.60. The highest BCUT2D eigenvalue weighted by atomic mass is 16.2. The number of nitrogens with zero attached hydrogens (tertiary/aromatic N) is 1. The first-order valence-corrected chi connectivity index (χ1v) is 7.08. The average molecular weight is 264 g/mol. The molecule has 2 saturated carbocycles. The summed E-state index contributed by atoms with van der Waals surface area (Å²) >= 11 is 0. The van der Waals surface area contributed by atoms with Gasteiger partial charge in [-0.15, -0.1) is 0 Å². The summed E-state index contributed by atoms with van der Waals surface area (Å²) in [5, 5.41) is 2.39. The van der Waals surface area contributed by atoms with Crippen LogP contribution >= 0.6 is 0 Å². The highest BCUT2D eigenvalue weighted by Crippen LogP contribution is 2.48. The summed E-state index contributed by atoms with van der Waals surface area (Å²) in [7, 11) is 0. The number of rotatable bonds is 1. The van der Waals surface area contributed by atoms with Crippen molar-refractivity contribution in [3.63, 3.8) is 0 Å². The lowest BCUT2D eigenvalue weighted by Gasteiger charge is -2.48. The van der Waals surface area contributed by atoms with Crippen LogP contribution < -0.4 is 5.32 Å². The fraction of sp³-hybridized carbons (Fsp3) is 0.786. The van der Waals surface area contributed by atoms with Crippen LogP contribution in [0.2, 0.25) is 0 Å². The molecule has 1 unspecified atom stereocenters. The van der Waals surface area contributed by atoms with Gasteiger partial charge >= 0.3 is 6.03 Å². The van der Waals surface area contributed by atoms with Crippen molar-refractivity contribution >= 4 is 17.8 Å². The zero-order chi connectivity index (χ0) is 13.8. The molecular formula is C14H20N2O3. The minimum Gasteiger partial charge on any atom is -0.277 e. The van der Waals surface area contributed by atoms with E-state index in [1.54, 1.807) is 0 Å². The van der Waals surface area contributed by atoms with E-state index in [0.717, 1.165) is 25.7 Å². The molecular weight excluding hydrogens is 244 g/mol. The maximum absolute atomic E-state index is 12.7. The molecule has 0 aromatic rings. The second-order valence-corrected chi connectivity index (χ2v) is 6.77. The first-order chi connectivity index (χ1) is 8.88. The van der Waals surface area contributed by atoms with Gasteiger partial charge in [-0.2, -0.15) is 0 Å². The normalized spacial score (nSPS) is 32.4. The van der Waals surface area contributed by atoms with Crippen molar-refractivity contribution in [1.29, 1.82) is 0 Å². The van der Waals surface area contributed by atoms with Gasteiger partial charge < -0.3 is 0 Å². The Kier molecular flexibility index (Phi) is 2.53. The molecule has 3 rings (SSSR count). The number of barbiturate groups is 1. The molecule has 2 aliphatic carbocycles. The number of hydrogen-bond donors (Lipinski definition) is 1. The van der Waals surface area contributed by atoms with Crippen molar-refractivity contribution in [1.82, 2.24) is 10.2 Å². The molecule has 19 heavy (non-hydrogen) atoms. The number of urea groups is 1. The largest absolute Gasteiger partial charge is 0.331 e. The third kappa shape index (κ3) is 1.56. The minimum absolute atomic E-state index is 0.0572. The standard InChI is InChI=1S/C14H20N2O3/c1-13(2)6-3-5-9(13)16-11(18)14(7-4-8-14)10(17)15-12(16)19/h9H,3-8H2,1-2H3,(H,15,17,19). The van der Waals surface area contributed by atoms with Crippen LogP contribution in [0.1, 0.15) is 52.4 Å². The number of hydrogen-bond acceptors (Lipinski definition) is 3. The molecule has 3 aliphatic rings. The van der Waals surface area contributed by atoms with Crippen LogP contribution in [0.15, 0.2) is 0 Å². The van der Waals surface area contributed by atoms with Crippen molar-refractivity contribution in [3.05, 3.63) is 0 Å². The van der Waals surface area contributed by atoms with E-state index in [1.165, 1.54) is 4.90 Å². The quantitative estimate of drug-likeness (QED) is 0.734. The van der Waals surface area contributed by atoms with E-state index >= 15 is 0 Å². The van der Waals surface area contributed by atoms with Gasteiger partial charge in [0.2, 0.25) is 11.8 Å². The third-order valence-corrected chi connectivity index (χ3v) is 5.22. The molecule has 0 radical (unpaired) electrons. The molecule has 4 amide bonds. The van der Waals surface area contributed by atoms with Crippen LogP contribution in [0.3, 0.4) is 0 Å². The van der Waals surface area contributed by atoms with Crippen LogP contribution in [0, 0.1) is 10.8 Å². The van der Waals surface area contributed by atoms with Crippen LogP contribution in [0.4, 0.5) is 4.79 Å². The van der Waals surface area contributed by atoms with Gasteiger partial charge in [0.1, 0.15) is 5.41 Å². The molecule has 1 saturated heterocycles. The number of carbonyl (C=O) groups excluding carboxylic acids is 3. The van der Waals surface area contributed by atoms with Crippen molar-refractivity contribution < 1.29 is 14.4 Å². The number of carbonyl (C=O) groups is 3. The topological polar surface area (TPSA) is 66.5 Å². The lowest BCUT2D eigenvalue weighted by Crippen LogP contribution is -2.69. The fourth-order valence-electron chi connectivity index (χ4n) is 3.74. The second kappa shape index (κ2) is 3.81. The fourth-order valence-corrected chi connectivity index (χ4v) is 3.74. The maximum Gasteiger partial charge on any atom is 0.331 e. The van der Waals surface area contributed by atoms with Gasteiger partial charge in [-0.25, -0.2) is 4.79 Å². The summed E-state index contributed by atoms with van der Waals surface area (Å²) < 4.78 is 0. The van der Waals surface area contributed by atoms with E-state index in [9.17, 15) is 14.4 Å². The Balaban J connectivity index is 1.94. The molecule has 1 heterocycles. The van der Waals surface area contributed by atoms with Gasteiger partial charge in [0, 0.05) is 6.04 Å². The Morgan fingerprint density at radius 1 is 1.11 bits per heavy atom. The first-order valence-electron chi connectivity index (χ1n) is 7.08. The average Bonchev–Trinajstić information content (AvgIpc) is 2.56. The lowest BCUT2D eigenvalue weighted by molar-refractivity contribution is -0.160. The van der Waals surface area contributed by atoms with Gasteiger partial charge in [-0.3, -0.25) is 19.8 Å². The number of imide groups is 2. The molecule has 1 N–H and O–H groups in total. The van der Waals surface area contributed by atoms with Crippen LogP contribution in [-0.4, -0.2) is 28.8 Å². The SMILES string of the molecule is CC1(C)CCCC1N1C(=O)NC(=O)C2(CCC2)C1=O. The maximum atomic E-state index is 12.7. The van der Waals surface area contributed by atoms with E-state index in [4.69, 9.17) is 0 Å². The van der Waals surface area contributed by atoms with E-state index in [2.05, 4.69) is 19.2 Å². The van der Waals surface area contributed by atoms with E-state index in [0.29, 0.717) is 12.8 Å². The molecule has 1 spiro atoms. The van der Waals surface area contributed by atoms with Crippen LogP contribution in [-0.2, 0) is 9.59 Å². The smallest absolute Gasteiger partial charge is 0.277 e. The molecule has 104 valence electrons. The predicted octanol–water partition coefficient (Wildman–Crippen LogP) is 1.81. The summed E-state index contributed by atoms with van der Waals surface area (Å²) in [4.78, 5) is 38.1. The first kappa shape index (κ1) is 12.6. The van der Waals surface area contributed by atoms with E-state index in [-0.39, 0.29) is 23.3 Å². The van der Waals surface area contributed by atoms with Crippen LogP contribution in [0.5, 0.6) is 0 Å². The molecule has 0 bridgehead atoms. The van der Waals surface area contributed by atoms with Gasteiger partial charge in [0.15, 0.2) is 0 Å². The predicted molar refractivity (Wildman–Crippen MR) is 68.1 cm³/mol. The van der Waals surface area contributed by atoms with Gasteiger partial charge in [0.05, 0.1) is 0 Å². The van der Waals surface area contributed by atoms with E-state index < -0.39 is 11.4 Å². The Morgan fingerprint density at radius 2 is 1.79 bits per heavy atom. The number of nitrogens with one attached hydrogen (secondary N) is 1. The minimum atomic E-state index is -0.938. The van der Waals surface area contributed by atoms with Crippen molar-refractivity contribution in [2.24, 2.45) is 10.8 Å². The second-order valence-electron chi connectivity index (χ2n) is 6.77. The third-order valence-electron chi connectivity index (χ3n) is 5.22. The Labute approximate surface area is 112 Å². The lowest BCUT2D eigenvalue weighted by atomic mass is 9.65. The summed E-state index contributed by atoms with van der Waals surface area (Å²) in [6, 6.07) is -0.599. The van der Waals surface area contributed by atoms with E-state index in [1.807, 2.05) is 0 Å². The number of amides is 4. The molecule has 1 atom stereocenters. The van der Waals surface area contributed by atoms with Crippen molar-refractivity contribution in [3.8, 4) is 0 Å². The summed E-state index contributed by atoms with van der Waals surface area (Å²) in [6.07, 6.45) is 4.92. The Hall–Kier alpha value is -1.39. The molecule has 0 aromatic heterocycles. The van der Waals surface area contributed by atoms with Gasteiger partial charge in [0.25, 0.3) is 0 Å². The van der Waals surface area contributed by atoms with Gasteiger partial charge in [-0.05, 0) is 31.1 Å². The Bertz CT molecular complexity index is 465. The van der Waals surface area contributed by atoms with Crippen molar-refractivity contribution in [2.45, 2.75) is 58.4 Å². The molecule has 0 aromatic carbocycles. The van der Waals surface area contributed by atoms with Crippen molar-refractivity contribution in [2.75, 3.05) is 0 Å². The summed E-state index contributed by atoms with van der Waals surface area (Å²) in [5.74, 6) is -0.645. The Morgan fingerprint density at radius 3 is 2.26 bits per heavy atom. The molecule has 5 nitrogen and oxygen atoms in total. The van der Waals surface area contributed by atoms with Gasteiger partial charge in [-0.1, -0.05) is 26.7 Å². The molecule has 5 heteroatoms. The summed E-state index contributed by atoms with van der Waals surface area (Å²) in [5.41, 5.74) is -0.995. The molecule has 1 aliphatic heterocycles. The van der Waals surface area contributed by atoms with Crippen LogP contribution in [0.25, 0.3) is 0 Å². The summed E-state index contributed by atoms with van der Waals surface area (Å²) in [6.45, 7) is 4.18. The highest BCUT2D eigenvalue weighted by molar-refractivity contribution is 6.19. The zero-order valence-electron chi connectivity index (χ0n) is 11.5. The zero-order valence-corrected chi connectivity index (χ0v) is 11.5. The monoisotopic (exact) mass is 264 g/mol.